The van der Waals surface area contributed by atoms with Crippen molar-refractivity contribution in [3.8, 4) is 0 Å². The first-order valence-corrected chi connectivity index (χ1v) is 9.22. The van der Waals surface area contributed by atoms with Crippen LogP contribution in [0.1, 0.15) is 70.1 Å². The topological polar surface area (TPSA) is 0 Å². The molecular formula is C23H32. The summed E-state index contributed by atoms with van der Waals surface area (Å²) in [6, 6.07) is 6.72. The number of hydrogen-bond acceptors (Lipinski definition) is 0. The van der Waals surface area contributed by atoms with Crippen LogP contribution in [0.4, 0.5) is 0 Å². The van der Waals surface area contributed by atoms with E-state index in [2.05, 4.69) is 71.0 Å². The molecule has 0 amide bonds. The Kier molecular flexibility index (Phi) is 6.45. The van der Waals surface area contributed by atoms with Crippen LogP contribution in [0.5, 0.6) is 0 Å². The third kappa shape index (κ3) is 4.70. The van der Waals surface area contributed by atoms with Crippen molar-refractivity contribution < 1.29 is 0 Å². The maximum atomic E-state index is 2.45. The van der Waals surface area contributed by atoms with Gasteiger partial charge in [0.1, 0.15) is 0 Å². The van der Waals surface area contributed by atoms with Crippen LogP contribution in [0, 0.1) is 12.8 Å². The molecule has 23 heavy (non-hydrogen) atoms. The fourth-order valence-corrected chi connectivity index (χ4v) is 3.16. The minimum atomic E-state index is 0.819. The Bertz CT molecular complexity index is 617. The van der Waals surface area contributed by atoms with Crippen LogP contribution < -0.4 is 0 Å². The zero-order valence-corrected chi connectivity index (χ0v) is 15.6. The van der Waals surface area contributed by atoms with Crippen molar-refractivity contribution in [2.75, 3.05) is 0 Å². The van der Waals surface area contributed by atoms with E-state index in [1.807, 2.05) is 0 Å². The standard InChI is InChI=1S/C23H32/c1-6-8-10-20(21-13-14-21)15-16-22(17(3)4)23-12-9-11-19(7-2)18(23)5/h9-12,15-16,21H,6-8,13-14H2,1-5H3/b16-15-,20-10-. The van der Waals surface area contributed by atoms with E-state index in [-0.39, 0.29) is 0 Å². The van der Waals surface area contributed by atoms with E-state index < -0.39 is 0 Å². The molecule has 0 spiro atoms. The quantitative estimate of drug-likeness (QED) is 0.474. The highest BCUT2D eigenvalue weighted by Gasteiger charge is 2.24. The summed E-state index contributed by atoms with van der Waals surface area (Å²) in [6.45, 7) is 11.2. The number of unbranched alkanes of at least 4 members (excludes halogenated alkanes) is 1. The monoisotopic (exact) mass is 308 g/mol. The van der Waals surface area contributed by atoms with Gasteiger partial charge < -0.3 is 0 Å². The fraction of sp³-hybridized carbons (Fsp3) is 0.478. The van der Waals surface area contributed by atoms with Crippen LogP contribution >= 0.6 is 0 Å². The molecule has 2 rings (SSSR count). The lowest BCUT2D eigenvalue weighted by atomic mass is 9.92. The van der Waals surface area contributed by atoms with Crippen LogP contribution in [-0.4, -0.2) is 0 Å². The molecule has 1 aromatic rings. The summed E-state index contributed by atoms with van der Waals surface area (Å²) in [5.41, 5.74) is 8.62. The van der Waals surface area contributed by atoms with E-state index >= 15 is 0 Å². The first-order chi connectivity index (χ1) is 11.1. The van der Waals surface area contributed by atoms with Gasteiger partial charge in [-0.3, -0.25) is 0 Å². The average molecular weight is 309 g/mol. The summed E-state index contributed by atoms with van der Waals surface area (Å²) in [5.74, 6) is 0.819. The lowest BCUT2D eigenvalue weighted by Gasteiger charge is -2.13. The largest absolute Gasteiger partial charge is 0.0810 e. The maximum absolute atomic E-state index is 2.45. The van der Waals surface area contributed by atoms with Gasteiger partial charge in [0.05, 0.1) is 0 Å². The SMILES string of the molecule is CCC/C=C(/C=C\C(=C(C)C)c1cccc(CC)c1C)C1CC1. The van der Waals surface area contributed by atoms with Gasteiger partial charge in [-0.15, -0.1) is 0 Å². The average Bonchev–Trinajstić information content (AvgIpc) is 3.36. The summed E-state index contributed by atoms with van der Waals surface area (Å²) in [5, 5.41) is 0. The zero-order chi connectivity index (χ0) is 16.8. The number of hydrogen-bond donors (Lipinski definition) is 0. The van der Waals surface area contributed by atoms with E-state index in [4.69, 9.17) is 0 Å². The second-order valence-corrected chi connectivity index (χ2v) is 6.96. The second-order valence-electron chi connectivity index (χ2n) is 6.96. The van der Waals surface area contributed by atoms with Crippen LogP contribution in [0.15, 0.2) is 47.6 Å². The molecular weight excluding hydrogens is 276 g/mol. The summed E-state index contributed by atoms with van der Waals surface area (Å²) < 4.78 is 0. The van der Waals surface area contributed by atoms with Crippen LogP contribution in [0.2, 0.25) is 0 Å². The molecule has 124 valence electrons. The molecule has 1 aliphatic carbocycles. The zero-order valence-electron chi connectivity index (χ0n) is 15.6. The predicted octanol–water partition coefficient (Wildman–Crippen LogP) is 7.04. The number of allylic oxidation sites excluding steroid dienone is 6. The highest BCUT2D eigenvalue weighted by Crippen LogP contribution is 2.38. The molecule has 0 N–H and O–H groups in total. The first-order valence-electron chi connectivity index (χ1n) is 9.22. The van der Waals surface area contributed by atoms with Crippen molar-refractivity contribution in [2.24, 2.45) is 5.92 Å². The Labute approximate surface area is 143 Å². The minimum absolute atomic E-state index is 0.819. The molecule has 1 fully saturated rings. The van der Waals surface area contributed by atoms with Crippen molar-refractivity contribution in [3.63, 3.8) is 0 Å². The predicted molar refractivity (Wildman–Crippen MR) is 104 cm³/mol. The van der Waals surface area contributed by atoms with E-state index in [1.165, 1.54) is 53.5 Å². The van der Waals surface area contributed by atoms with Crippen LogP contribution in [0.3, 0.4) is 0 Å². The van der Waals surface area contributed by atoms with Gasteiger partial charge >= 0.3 is 0 Å². The van der Waals surface area contributed by atoms with Crippen LogP contribution in [0.25, 0.3) is 5.57 Å². The molecule has 0 heteroatoms. The van der Waals surface area contributed by atoms with E-state index in [1.54, 1.807) is 5.57 Å². The minimum Gasteiger partial charge on any atom is -0.0810 e. The number of rotatable bonds is 7. The third-order valence-electron chi connectivity index (χ3n) is 4.82. The molecule has 0 bridgehead atoms. The van der Waals surface area contributed by atoms with Gasteiger partial charge in [0, 0.05) is 0 Å². The number of aryl methyl sites for hydroxylation is 1. The second kappa shape index (κ2) is 8.34. The molecule has 0 atom stereocenters. The molecule has 0 aromatic heterocycles. The summed E-state index contributed by atoms with van der Waals surface area (Å²) >= 11 is 0. The summed E-state index contributed by atoms with van der Waals surface area (Å²) in [6.07, 6.45) is 13.5. The van der Waals surface area contributed by atoms with Gasteiger partial charge in [0.25, 0.3) is 0 Å². The third-order valence-corrected chi connectivity index (χ3v) is 4.82. The Morgan fingerprint density at radius 2 is 1.87 bits per heavy atom. The highest BCUT2D eigenvalue weighted by molar-refractivity contribution is 5.79. The molecule has 0 radical (unpaired) electrons. The molecule has 0 unspecified atom stereocenters. The van der Waals surface area contributed by atoms with Gasteiger partial charge in [-0.1, -0.05) is 62.3 Å². The van der Waals surface area contributed by atoms with E-state index in [0.29, 0.717) is 0 Å². The van der Waals surface area contributed by atoms with E-state index in [9.17, 15) is 0 Å². The molecule has 0 nitrogen and oxygen atoms in total. The van der Waals surface area contributed by atoms with Crippen LogP contribution in [-0.2, 0) is 6.42 Å². The maximum Gasteiger partial charge on any atom is -0.0153 e. The number of benzene rings is 1. The van der Waals surface area contributed by atoms with Gasteiger partial charge in [0.2, 0.25) is 0 Å². The van der Waals surface area contributed by atoms with Gasteiger partial charge in [-0.2, -0.15) is 0 Å². The molecule has 1 saturated carbocycles. The highest BCUT2D eigenvalue weighted by atomic mass is 14.3. The smallest absolute Gasteiger partial charge is 0.0153 e. The molecule has 0 heterocycles. The summed E-state index contributed by atoms with van der Waals surface area (Å²) in [7, 11) is 0. The summed E-state index contributed by atoms with van der Waals surface area (Å²) in [4.78, 5) is 0. The van der Waals surface area contributed by atoms with Crippen molar-refractivity contribution >= 4 is 5.57 Å². The normalized spacial score (nSPS) is 15.3. The van der Waals surface area contributed by atoms with Gasteiger partial charge in [-0.05, 0) is 80.2 Å². The fourth-order valence-electron chi connectivity index (χ4n) is 3.16. The van der Waals surface area contributed by atoms with Gasteiger partial charge in [-0.25, -0.2) is 0 Å². The lowest BCUT2D eigenvalue weighted by Crippen LogP contribution is -1.94. The first kappa shape index (κ1) is 17.8. The molecule has 1 aromatic carbocycles. The van der Waals surface area contributed by atoms with Crippen molar-refractivity contribution in [2.45, 2.75) is 66.7 Å². The van der Waals surface area contributed by atoms with Crippen molar-refractivity contribution in [3.05, 3.63) is 64.3 Å². The Morgan fingerprint density at radius 1 is 1.13 bits per heavy atom. The molecule has 1 aliphatic rings. The van der Waals surface area contributed by atoms with E-state index in [0.717, 1.165) is 12.3 Å². The molecule has 0 aliphatic heterocycles. The Morgan fingerprint density at radius 3 is 2.43 bits per heavy atom. The molecule has 0 saturated heterocycles. The lowest BCUT2D eigenvalue weighted by molar-refractivity contribution is 0.928. The van der Waals surface area contributed by atoms with Crippen molar-refractivity contribution in [1.82, 2.24) is 0 Å². The Balaban J connectivity index is 2.33. The Hall–Kier alpha value is -1.56. The van der Waals surface area contributed by atoms with Crippen molar-refractivity contribution in [1.29, 1.82) is 0 Å². The van der Waals surface area contributed by atoms with Gasteiger partial charge in [0.15, 0.2) is 0 Å².